The number of nitrogens with one attached hydrogen (secondary N) is 2. The van der Waals surface area contributed by atoms with Gasteiger partial charge >= 0.3 is 0 Å². The summed E-state index contributed by atoms with van der Waals surface area (Å²) in [5, 5.41) is 19.0. The van der Waals surface area contributed by atoms with Crippen molar-refractivity contribution in [3.63, 3.8) is 0 Å². The predicted octanol–water partition coefficient (Wildman–Crippen LogP) is 4.07. The summed E-state index contributed by atoms with van der Waals surface area (Å²) in [6, 6.07) is 13.9. The number of hydrogen-bond acceptors (Lipinski definition) is 9. The molecular weight excluding hydrogens is 480 g/mol. The van der Waals surface area contributed by atoms with Crippen LogP contribution in [0.15, 0.2) is 52.9 Å². The van der Waals surface area contributed by atoms with Crippen molar-refractivity contribution < 1.29 is 13.2 Å². The number of amides is 1. The maximum atomic E-state index is 12.6. The van der Waals surface area contributed by atoms with E-state index >= 15 is 0 Å². The van der Waals surface area contributed by atoms with Crippen molar-refractivity contribution in [3.8, 4) is 10.6 Å². The highest BCUT2D eigenvalue weighted by Gasteiger charge is 2.23. The number of hydrogen-bond donors (Lipinski definition) is 2. The summed E-state index contributed by atoms with van der Waals surface area (Å²) in [7, 11) is -4.04. The zero-order valence-corrected chi connectivity index (χ0v) is 18.9. The largest absolute Gasteiger partial charge is 0.296 e. The summed E-state index contributed by atoms with van der Waals surface area (Å²) >= 11 is 7.61. The van der Waals surface area contributed by atoms with Crippen molar-refractivity contribution in [3.05, 3.63) is 64.7 Å². The van der Waals surface area contributed by atoms with E-state index in [1.807, 2.05) is 31.2 Å². The number of aromatic nitrogens is 4. The van der Waals surface area contributed by atoms with E-state index in [1.165, 1.54) is 0 Å². The SMILES string of the molecule is Cc1ccc(-c2nnc(NS(=O)(=O)c3nnc(NC(=O)c4ccc(Cl)cc4)s3)s2)cc1. The lowest BCUT2D eigenvalue weighted by atomic mass is 10.2. The van der Waals surface area contributed by atoms with Gasteiger partial charge in [-0.3, -0.25) is 14.8 Å². The minimum absolute atomic E-state index is 0.0398. The molecule has 0 saturated carbocycles. The van der Waals surface area contributed by atoms with Gasteiger partial charge in [0.05, 0.1) is 0 Å². The molecule has 0 unspecified atom stereocenters. The van der Waals surface area contributed by atoms with Crippen molar-refractivity contribution in [2.75, 3.05) is 10.0 Å². The molecule has 0 aliphatic heterocycles. The molecule has 0 spiro atoms. The number of sulfonamides is 1. The van der Waals surface area contributed by atoms with Gasteiger partial charge in [-0.15, -0.1) is 20.4 Å². The first kappa shape index (κ1) is 21.3. The molecule has 13 heteroatoms. The van der Waals surface area contributed by atoms with Crippen LogP contribution >= 0.6 is 34.3 Å². The molecule has 0 radical (unpaired) electrons. The van der Waals surface area contributed by atoms with Gasteiger partial charge in [-0.05, 0) is 31.2 Å². The Bertz CT molecular complexity index is 1330. The van der Waals surface area contributed by atoms with Crippen LogP contribution in [0.1, 0.15) is 15.9 Å². The molecule has 2 heterocycles. The molecule has 2 N–H and O–H groups in total. The van der Waals surface area contributed by atoms with E-state index in [0.29, 0.717) is 26.9 Å². The fourth-order valence-corrected chi connectivity index (χ4v) is 5.38. The van der Waals surface area contributed by atoms with Gasteiger partial charge in [0, 0.05) is 16.1 Å². The van der Waals surface area contributed by atoms with E-state index in [4.69, 9.17) is 11.6 Å². The highest BCUT2D eigenvalue weighted by molar-refractivity contribution is 7.94. The van der Waals surface area contributed by atoms with Crippen molar-refractivity contribution in [1.29, 1.82) is 0 Å². The second kappa shape index (κ2) is 8.67. The van der Waals surface area contributed by atoms with Crippen LogP contribution < -0.4 is 10.0 Å². The number of benzene rings is 2. The van der Waals surface area contributed by atoms with Gasteiger partial charge in [0.15, 0.2) is 0 Å². The molecule has 0 aliphatic carbocycles. The number of aryl methyl sites for hydroxylation is 1. The molecule has 0 aliphatic rings. The maximum Gasteiger partial charge on any atom is 0.293 e. The van der Waals surface area contributed by atoms with Crippen LogP contribution in [-0.4, -0.2) is 34.7 Å². The summed E-state index contributed by atoms with van der Waals surface area (Å²) in [4.78, 5) is 12.2. The van der Waals surface area contributed by atoms with E-state index in [0.717, 1.165) is 22.5 Å². The Morgan fingerprint density at radius 1 is 0.903 bits per heavy atom. The average Bonchev–Trinajstić information content (AvgIpc) is 3.39. The Morgan fingerprint density at radius 2 is 1.58 bits per heavy atom. The van der Waals surface area contributed by atoms with Crippen LogP contribution in [0.5, 0.6) is 0 Å². The lowest BCUT2D eigenvalue weighted by Crippen LogP contribution is -2.12. The molecule has 0 saturated heterocycles. The number of anilines is 2. The number of carbonyl (C=O) groups excluding carboxylic acids is 1. The van der Waals surface area contributed by atoms with Crippen molar-refractivity contribution in [2.24, 2.45) is 0 Å². The molecule has 2 aromatic heterocycles. The van der Waals surface area contributed by atoms with Crippen LogP contribution in [-0.2, 0) is 10.0 Å². The van der Waals surface area contributed by atoms with Gasteiger partial charge < -0.3 is 0 Å². The molecule has 9 nitrogen and oxygen atoms in total. The Labute approximate surface area is 190 Å². The highest BCUT2D eigenvalue weighted by Crippen LogP contribution is 2.29. The van der Waals surface area contributed by atoms with Gasteiger partial charge in [-0.2, -0.15) is 8.42 Å². The first-order valence-corrected chi connectivity index (χ1v) is 12.1. The van der Waals surface area contributed by atoms with E-state index in [2.05, 4.69) is 30.4 Å². The third-order valence-corrected chi connectivity index (χ3v) is 7.72. The van der Waals surface area contributed by atoms with Gasteiger partial charge in [0.25, 0.3) is 20.3 Å². The van der Waals surface area contributed by atoms with Crippen LogP contribution in [0, 0.1) is 6.92 Å². The average molecular weight is 493 g/mol. The monoisotopic (exact) mass is 492 g/mol. The van der Waals surface area contributed by atoms with E-state index in [9.17, 15) is 13.2 Å². The standard InChI is InChI=1S/C18H13ClN6O3S3/c1-10-2-4-12(5-3-10)15-21-23-17(29-15)25-31(27,28)18-24-22-16(30-18)20-14(26)11-6-8-13(19)9-7-11/h2-9H,1H3,(H,23,25)(H,20,22,26). The first-order valence-electron chi connectivity index (χ1n) is 8.64. The lowest BCUT2D eigenvalue weighted by Gasteiger charge is -2.01. The molecule has 0 fully saturated rings. The van der Waals surface area contributed by atoms with Crippen LogP contribution in [0.25, 0.3) is 10.6 Å². The molecule has 158 valence electrons. The van der Waals surface area contributed by atoms with Crippen LogP contribution in [0.4, 0.5) is 10.3 Å². The predicted molar refractivity (Wildman–Crippen MR) is 120 cm³/mol. The van der Waals surface area contributed by atoms with Crippen molar-refractivity contribution in [1.82, 2.24) is 20.4 Å². The summed E-state index contributed by atoms with van der Waals surface area (Å²) < 4.78 is 27.2. The molecule has 4 aromatic rings. The molecule has 2 aromatic carbocycles. The molecule has 4 rings (SSSR count). The number of rotatable bonds is 6. The second-order valence-electron chi connectivity index (χ2n) is 6.22. The normalized spacial score (nSPS) is 11.3. The Hall–Kier alpha value is -2.93. The van der Waals surface area contributed by atoms with E-state index in [-0.39, 0.29) is 14.6 Å². The lowest BCUT2D eigenvalue weighted by molar-refractivity contribution is 0.102. The molecule has 1 amide bonds. The summed E-state index contributed by atoms with van der Waals surface area (Å²) in [5.41, 5.74) is 2.28. The summed E-state index contributed by atoms with van der Waals surface area (Å²) in [6.45, 7) is 1.97. The fourth-order valence-electron chi connectivity index (χ4n) is 2.38. The zero-order chi connectivity index (χ0) is 22.0. The van der Waals surface area contributed by atoms with E-state index < -0.39 is 15.9 Å². The Balaban J connectivity index is 1.46. The smallest absolute Gasteiger partial charge is 0.293 e. The molecule has 0 atom stereocenters. The molecular formula is C18H13ClN6O3S3. The Kier molecular flexibility index (Phi) is 5.96. The van der Waals surface area contributed by atoms with Gasteiger partial charge in [-0.25, -0.2) is 0 Å². The zero-order valence-electron chi connectivity index (χ0n) is 15.7. The number of halogens is 1. The van der Waals surface area contributed by atoms with Crippen molar-refractivity contribution >= 4 is 60.5 Å². The quantitative estimate of drug-likeness (QED) is 0.388. The van der Waals surface area contributed by atoms with E-state index in [1.54, 1.807) is 24.3 Å². The minimum atomic E-state index is -4.04. The highest BCUT2D eigenvalue weighted by atomic mass is 35.5. The second-order valence-corrected chi connectivity index (χ2v) is 10.5. The van der Waals surface area contributed by atoms with Gasteiger partial charge in [0.2, 0.25) is 10.3 Å². The van der Waals surface area contributed by atoms with Gasteiger partial charge in [-0.1, -0.05) is 64.1 Å². The van der Waals surface area contributed by atoms with Crippen LogP contribution in [0.2, 0.25) is 5.02 Å². The first-order chi connectivity index (χ1) is 14.8. The third-order valence-electron chi connectivity index (χ3n) is 3.91. The number of carbonyl (C=O) groups is 1. The summed E-state index contributed by atoms with van der Waals surface area (Å²) in [5.74, 6) is -0.461. The topological polar surface area (TPSA) is 127 Å². The third kappa shape index (κ3) is 5.05. The Morgan fingerprint density at radius 3 is 2.29 bits per heavy atom. The fraction of sp³-hybridized carbons (Fsp3) is 0.0556. The minimum Gasteiger partial charge on any atom is -0.296 e. The van der Waals surface area contributed by atoms with Gasteiger partial charge in [0.1, 0.15) is 5.01 Å². The summed E-state index contributed by atoms with van der Waals surface area (Å²) in [6.07, 6.45) is 0. The van der Waals surface area contributed by atoms with Crippen molar-refractivity contribution in [2.45, 2.75) is 11.3 Å². The molecule has 31 heavy (non-hydrogen) atoms. The number of nitrogens with zero attached hydrogens (tertiary/aromatic N) is 4. The maximum absolute atomic E-state index is 12.6. The van der Waals surface area contributed by atoms with Crippen LogP contribution in [0.3, 0.4) is 0 Å². The molecule has 0 bridgehead atoms.